The van der Waals surface area contributed by atoms with E-state index >= 15 is 0 Å². The molecule has 35 heavy (non-hydrogen) atoms. The minimum absolute atomic E-state index is 0.0139. The van der Waals surface area contributed by atoms with Gasteiger partial charge in [-0.3, -0.25) is 13.8 Å². The standard InChI is InChI=1S/C24H29N3O7S/c1-15-10-12-17(13-11-15)35(31,32)33-14-18-20(22(29)25-18)26-21(28)19(16-8-6-5-7-9-16)27-23(30)34-24(2,3)4/h5-13,18-20H,14H2,1-4H3,(H,25,29)(H,26,28)(H,27,30). The number of ether oxygens (including phenoxy) is 1. The molecule has 1 saturated heterocycles. The van der Waals surface area contributed by atoms with Gasteiger partial charge in [-0.15, -0.1) is 0 Å². The van der Waals surface area contributed by atoms with E-state index in [-0.39, 0.29) is 11.5 Å². The Labute approximate surface area is 204 Å². The molecule has 0 aliphatic carbocycles. The van der Waals surface area contributed by atoms with Crippen LogP contribution in [0.3, 0.4) is 0 Å². The first-order valence-electron chi connectivity index (χ1n) is 11.0. The SMILES string of the molecule is Cc1ccc(S(=O)(=O)OCC2NC(=O)C2NC(=O)C(NC(=O)OC(C)(C)C)c2ccccc2)cc1. The number of amides is 3. The van der Waals surface area contributed by atoms with E-state index < -0.39 is 51.8 Å². The van der Waals surface area contributed by atoms with Crippen LogP contribution in [0.5, 0.6) is 0 Å². The predicted molar refractivity (Wildman–Crippen MR) is 127 cm³/mol. The maximum absolute atomic E-state index is 13.1. The highest BCUT2D eigenvalue weighted by Gasteiger charge is 2.42. The van der Waals surface area contributed by atoms with Crippen molar-refractivity contribution >= 4 is 28.0 Å². The minimum atomic E-state index is -4.05. The van der Waals surface area contributed by atoms with Crippen molar-refractivity contribution in [1.82, 2.24) is 16.0 Å². The Balaban J connectivity index is 1.67. The number of hydrogen-bond acceptors (Lipinski definition) is 7. The smallest absolute Gasteiger partial charge is 0.408 e. The minimum Gasteiger partial charge on any atom is -0.444 e. The Morgan fingerprint density at radius 1 is 1.06 bits per heavy atom. The molecule has 1 aliphatic rings. The number of carbonyl (C=O) groups is 3. The summed E-state index contributed by atoms with van der Waals surface area (Å²) in [5, 5.41) is 7.62. The molecular formula is C24H29N3O7S. The number of nitrogens with one attached hydrogen (secondary N) is 3. The van der Waals surface area contributed by atoms with Crippen LogP contribution in [-0.4, -0.2) is 50.6 Å². The van der Waals surface area contributed by atoms with Crippen LogP contribution < -0.4 is 16.0 Å². The second kappa shape index (κ2) is 10.4. The first-order valence-corrected chi connectivity index (χ1v) is 12.4. The van der Waals surface area contributed by atoms with Gasteiger partial charge in [0.1, 0.15) is 17.7 Å². The summed E-state index contributed by atoms with van der Waals surface area (Å²) >= 11 is 0. The fraction of sp³-hybridized carbons (Fsp3) is 0.375. The third-order valence-corrected chi connectivity index (χ3v) is 6.37. The van der Waals surface area contributed by atoms with Crippen molar-refractivity contribution in [2.45, 2.75) is 56.3 Å². The van der Waals surface area contributed by atoms with E-state index in [9.17, 15) is 22.8 Å². The van der Waals surface area contributed by atoms with E-state index in [1.165, 1.54) is 12.1 Å². The lowest BCUT2D eigenvalue weighted by atomic mass is 9.98. The van der Waals surface area contributed by atoms with Gasteiger partial charge >= 0.3 is 6.09 Å². The normalized spacial score (nSPS) is 18.6. The van der Waals surface area contributed by atoms with E-state index in [4.69, 9.17) is 8.92 Å². The molecule has 1 fully saturated rings. The van der Waals surface area contributed by atoms with Gasteiger partial charge < -0.3 is 20.7 Å². The molecule has 0 aromatic heterocycles. The molecule has 1 aliphatic heterocycles. The second-order valence-electron chi connectivity index (χ2n) is 9.14. The molecule has 2 aromatic carbocycles. The first kappa shape index (κ1) is 26.2. The summed E-state index contributed by atoms with van der Waals surface area (Å²) in [6.45, 7) is 6.53. The number of carbonyl (C=O) groups excluding carboxylic acids is 3. The largest absolute Gasteiger partial charge is 0.444 e. The van der Waals surface area contributed by atoms with Crippen LogP contribution in [-0.2, 0) is 28.6 Å². The van der Waals surface area contributed by atoms with Crippen molar-refractivity contribution in [3.05, 3.63) is 65.7 Å². The van der Waals surface area contributed by atoms with Crippen molar-refractivity contribution < 1.29 is 31.7 Å². The van der Waals surface area contributed by atoms with Gasteiger partial charge in [-0.05, 0) is 45.4 Å². The molecule has 2 aromatic rings. The van der Waals surface area contributed by atoms with Gasteiger partial charge in [0.15, 0.2) is 0 Å². The summed E-state index contributed by atoms with van der Waals surface area (Å²) in [6.07, 6.45) is -0.802. The molecule has 0 spiro atoms. The fourth-order valence-corrected chi connectivity index (χ4v) is 4.22. The summed E-state index contributed by atoms with van der Waals surface area (Å²) < 4.78 is 35.2. The lowest BCUT2D eigenvalue weighted by molar-refractivity contribution is -0.137. The zero-order chi connectivity index (χ0) is 25.8. The van der Waals surface area contributed by atoms with Gasteiger partial charge in [-0.1, -0.05) is 48.0 Å². The lowest BCUT2D eigenvalue weighted by Gasteiger charge is -2.37. The Hall–Kier alpha value is -3.44. The molecule has 0 saturated carbocycles. The Morgan fingerprint density at radius 2 is 1.69 bits per heavy atom. The maximum Gasteiger partial charge on any atom is 0.408 e. The monoisotopic (exact) mass is 503 g/mol. The number of alkyl carbamates (subject to hydrolysis) is 1. The summed E-state index contributed by atoms with van der Waals surface area (Å²) in [7, 11) is -4.05. The quantitative estimate of drug-likeness (QED) is 0.369. The molecule has 11 heteroatoms. The third-order valence-electron chi connectivity index (χ3n) is 5.08. The van der Waals surface area contributed by atoms with Crippen molar-refractivity contribution in [2.24, 2.45) is 0 Å². The number of β-lactam (4-membered cyclic amide) rings is 1. The van der Waals surface area contributed by atoms with E-state index in [0.29, 0.717) is 5.56 Å². The van der Waals surface area contributed by atoms with E-state index in [0.717, 1.165) is 5.56 Å². The van der Waals surface area contributed by atoms with Gasteiger partial charge in [0.05, 0.1) is 17.5 Å². The predicted octanol–water partition coefficient (Wildman–Crippen LogP) is 1.95. The number of rotatable bonds is 8. The molecule has 188 valence electrons. The van der Waals surface area contributed by atoms with Crippen LogP contribution >= 0.6 is 0 Å². The first-order chi connectivity index (χ1) is 16.4. The molecule has 0 radical (unpaired) electrons. The van der Waals surface area contributed by atoms with Gasteiger partial charge in [0, 0.05) is 0 Å². The lowest BCUT2D eigenvalue weighted by Crippen LogP contribution is -2.71. The Morgan fingerprint density at radius 3 is 2.26 bits per heavy atom. The third kappa shape index (κ3) is 7.03. The zero-order valence-corrected chi connectivity index (χ0v) is 20.7. The van der Waals surface area contributed by atoms with E-state index in [1.54, 1.807) is 63.2 Å². The average Bonchev–Trinajstić information content (AvgIpc) is 2.78. The van der Waals surface area contributed by atoms with Gasteiger partial charge in [-0.25, -0.2) is 4.79 Å². The van der Waals surface area contributed by atoms with Gasteiger partial charge in [-0.2, -0.15) is 8.42 Å². The molecule has 10 nitrogen and oxygen atoms in total. The topological polar surface area (TPSA) is 140 Å². The van der Waals surface area contributed by atoms with Crippen LogP contribution in [0, 0.1) is 6.92 Å². The summed E-state index contributed by atoms with van der Waals surface area (Å²) in [4.78, 5) is 37.5. The molecule has 0 bridgehead atoms. The Bertz CT molecular complexity index is 1180. The average molecular weight is 504 g/mol. The van der Waals surface area contributed by atoms with Crippen molar-refractivity contribution in [3.63, 3.8) is 0 Å². The molecule has 3 amide bonds. The van der Waals surface area contributed by atoms with Crippen molar-refractivity contribution in [2.75, 3.05) is 6.61 Å². The molecule has 3 unspecified atom stereocenters. The van der Waals surface area contributed by atoms with Gasteiger partial charge in [0.25, 0.3) is 10.1 Å². The van der Waals surface area contributed by atoms with Crippen molar-refractivity contribution in [1.29, 1.82) is 0 Å². The van der Waals surface area contributed by atoms with Crippen LogP contribution in [0.15, 0.2) is 59.5 Å². The summed E-state index contributed by atoms with van der Waals surface area (Å²) in [5.74, 6) is -1.16. The molecule has 3 N–H and O–H groups in total. The maximum atomic E-state index is 13.1. The molecule has 1 heterocycles. The Kier molecular flexibility index (Phi) is 7.81. The van der Waals surface area contributed by atoms with Crippen LogP contribution in [0.1, 0.15) is 37.9 Å². The van der Waals surface area contributed by atoms with E-state index in [2.05, 4.69) is 16.0 Å². The highest BCUT2D eigenvalue weighted by Crippen LogP contribution is 2.19. The van der Waals surface area contributed by atoms with E-state index in [1.807, 2.05) is 6.92 Å². The molecule has 3 rings (SSSR count). The highest BCUT2D eigenvalue weighted by molar-refractivity contribution is 7.86. The molecular weight excluding hydrogens is 474 g/mol. The number of aryl methyl sites for hydroxylation is 1. The fourth-order valence-electron chi connectivity index (χ4n) is 3.29. The number of benzene rings is 2. The second-order valence-corrected chi connectivity index (χ2v) is 10.8. The van der Waals surface area contributed by atoms with Crippen LogP contribution in [0.2, 0.25) is 0 Å². The summed E-state index contributed by atoms with van der Waals surface area (Å²) in [5.41, 5.74) is 0.595. The zero-order valence-electron chi connectivity index (χ0n) is 19.9. The van der Waals surface area contributed by atoms with Crippen molar-refractivity contribution in [3.8, 4) is 0 Å². The highest BCUT2D eigenvalue weighted by atomic mass is 32.2. The van der Waals surface area contributed by atoms with Crippen LogP contribution in [0.4, 0.5) is 4.79 Å². The number of hydrogen-bond donors (Lipinski definition) is 3. The molecule has 3 atom stereocenters. The van der Waals surface area contributed by atoms with Gasteiger partial charge in [0.2, 0.25) is 11.8 Å². The van der Waals surface area contributed by atoms with Crippen LogP contribution in [0.25, 0.3) is 0 Å². The summed E-state index contributed by atoms with van der Waals surface area (Å²) in [6, 6.07) is 11.7.